The van der Waals surface area contributed by atoms with Crippen molar-refractivity contribution in [1.82, 2.24) is 0 Å². The molecule has 372 valence electrons. The summed E-state index contributed by atoms with van der Waals surface area (Å²) in [4.78, 5) is 39.8. The molecule has 2 aliphatic rings. The van der Waals surface area contributed by atoms with Gasteiger partial charge < -0.3 is 56.8 Å². The van der Waals surface area contributed by atoms with E-state index >= 15 is 0 Å². The van der Waals surface area contributed by atoms with Crippen molar-refractivity contribution < 1.29 is 71.2 Å². The van der Waals surface area contributed by atoms with Crippen LogP contribution in [0.2, 0.25) is 0 Å². The first-order valence-corrected chi connectivity index (χ1v) is 23.5. The number of carbonyl (C=O) groups is 3. The summed E-state index contributed by atoms with van der Waals surface area (Å²) in [6, 6.07) is 47.1. The molecule has 0 spiro atoms. The predicted octanol–water partition coefficient (Wildman–Crippen LogP) is 7.63. The summed E-state index contributed by atoms with van der Waals surface area (Å²) in [6.45, 7) is 4.43. The lowest BCUT2D eigenvalue weighted by molar-refractivity contribution is -0.374. The third-order valence-corrected chi connectivity index (χ3v) is 11.6. The van der Waals surface area contributed by atoms with Crippen molar-refractivity contribution in [2.45, 2.75) is 115 Å². The summed E-state index contributed by atoms with van der Waals surface area (Å²) in [7, 11) is 1.52. The van der Waals surface area contributed by atoms with Crippen LogP contribution in [0.1, 0.15) is 54.7 Å². The van der Waals surface area contributed by atoms with E-state index in [1.165, 1.54) is 21.0 Å². The first-order chi connectivity index (χ1) is 34.2. The van der Waals surface area contributed by atoms with Gasteiger partial charge in [-0.05, 0) is 34.7 Å². The van der Waals surface area contributed by atoms with Gasteiger partial charge in [-0.1, -0.05) is 152 Å². The number of ether oxygens (including phenoxy) is 12. The summed E-state index contributed by atoms with van der Waals surface area (Å²) in [5.74, 6) is -2.00. The molecule has 15 nitrogen and oxygen atoms in total. The van der Waals surface area contributed by atoms with Crippen LogP contribution in [0.25, 0.3) is 0 Å². The Labute approximate surface area is 409 Å². The van der Waals surface area contributed by atoms with Crippen LogP contribution in [0.3, 0.4) is 0 Å². The van der Waals surface area contributed by atoms with Crippen LogP contribution in [0, 0.1) is 0 Å². The van der Waals surface area contributed by atoms with Crippen molar-refractivity contribution in [2.75, 3.05) is 26.9 Å². The van der Waals surface area contributed by atoms with Gasteiger partial charge in [0.2, 0.25) is 0 Å². The molecule has 11 atom stereocenters. The molecular weight excluding hydrogens is 901 g/mol. The number of hydrogen-bond acceptors (Lipinski definition) is 15. The standard InChI is InChI=1S/C55H62O15/c1-5-61-53(58)46(43-29-19-10-20-30-43)69-52-50(66-38(3)57)47(63-32-40-23-13-7-14-24-40)45(36-62-37(2)56)68-55(52)70-48-44(35-60-31-39-21-11-6-12-22-39)67-54(59-4)51(65-34-42-27-17-9-18-28-42)49(48)64-33-41-25-15-8-16-26-41/h6-30,44-52,54-55H,5,31-36H2,1-4H3/t44-,45-,46-,47+,48-,49+,50+,51-,52-,54+,55+/m1/s1. The minimum absolute atomic E-state index is 0.0310. The molecule has 2 heterocycles. The lowest BCUT2D eigenvalue weighted by Gasteiger charge is -2.50. The van der Waals surface area contributed by atoms with E-state index in [0.29, 0.717) is 5.56 Å². The predicted molar refractivity (Wildman–Crippen MR) is 253 cm³/mol. The Morgan fingerprint density at radius 3 is 1.47 bits per heavy atom. The fourth-order valence-corrected chi connectivity index (χ4v) is 8.32. The van der Waals surface area contributed by atoms with Crippen LogP contribution in [-0.2, 0) is 97.7 Å². The third kappa shape index (κ3) is 14.8. The monoisotopic (exact) mass is 962 g/mol. The van der Waals surface area contributed by atoms with E-state index in [0.717, 1.165) is 22.3 Å². The zero-order valence-electron chi connectivity index (χ0n) is 39.9. The summed E-state index contributed by atoms with van der Waals surface area (Å²) in [6.07, 6.45) is -12.9. The minimum atomic E-state index is -1.52. The second kappa shape index (κ2) is 26.9. The molecule has 2 saturated heterocycles. The van der Waals surface area contributed by atoms with Gasteiger partial charge in [0.25, 0.3) is 0 Å². The van der Waals surface area contributed by atoms with Crippen LogP contribution < -0.4 is 0 Å². The molecule has 0 N–H and O–H groups in total. The molecule has 70 heavy (non-hydrogen) atoms. The van der Waals surface area contributed by atoms with E-state index in [1.54, 1.807) is 37.3 Å². The van der Waals surface area contributed by atoms with Crippen molar-refractivity contribution in [3.63, 3.8) is 0 Å². The van der Waals surface area contributed by atoms with E-state index in [2.05, 4.69) is 0 Å². The minimum Gasteiger partial charge on any atom is -0.464 e. The Balaban J connectivity index is 1.34. The molecule has 2 aliphatic heterocycles. The fraction of sp³-hybridized carbons (Fsp3) is 0.400. The second-order valence-electron chi connectivity index (χ2n) is 16.7. The molecule has 2 fully saturated rings. The van der Waals surface area contributed by atoms with Crippen molar-refractivity contribution >= 4 is 17.9 Å². The number of methoxy groups -OCH3 is 1. The first kappa shape index (κ1) is 52.0. The van der Waals surface area contributed by atoms with E-state index in [-0.39, 0.29) is 46.2 Å². The lowest BCUT2D eigenvalue weighted by Crippen LogP contribution is -2.66. The van der Waals surface area contributed by atoms with Crippen molar-refractivity contribution in [3.8, 4) is 0 Å². The first-order valence-electron chi connectivity index (χ1n) is 23.5. The molecule has 0 amide bonds. The highest BCUT2D eigenvalue weighted by Crippen LogP contribution is 2.38. The zero-order chi connectivity index (χ0) is 49.1. The van der Waals surface area contributed by atoms with Gasteiger partial charge in [-0.15, -0.1) is 0 Å². The second-order valence-corrected chi connectivity index (χ2v) is 16.7. The van der Waals surface area contributed by atoms with Crippen molar-refractivity contribution in [2.24, 2.45) is 0 Å². The van der Waals surface area contributed by atoms with Crippen molar-refractivity contribution in [3.05, 3.63) is 179 Å². The molecule has 0 aliphatic carbocycles. The van der Waals surface area contributed by atoms with Gasteiger partial charge in [0.05, 0.1) is 39.6 Å². The number of benzene rings is 5. The van der Waals surface area contributed by atoms with Crippen LogP contribution in [0.15, 0.2) is 152 Å². The van der Waals surface area contributed by atoms with Gasteiger partial charge in [-0.25, -0.2) is 4.79 Å². The van der Waals surface area contributed by atoms with Crippen LogP contribution in [-0.4, -0.2) is 106 Å². The Kier molecular flexibility index (Phi) is 20.0. The topological polar surface area (TPSA) is 162 Å². The highest BCUT2D eigenvalue weighted by Gasteiger charge is 2.56. The maximum atomic E-state index is 14.0. The van der Waals surface area contributed by atoms with Gasteiger partial charge in [-0.2, -0.15) is 0 Å². The lowest BCUT2D eigenvalue weighted by atomic mass is 9.95. The molecule has 0 unspecified atom stereocenters. The fourth-order valence-electron chi connectivity index (χ4n) is 8.32. The molecule has 0 radical (unpaired) electrons. The largest absolute Gasteiger partial charge is 0.464 e. The van der Waals surface area contributed by atoms with Crippen molar-refractivity contribution in [1.29, 1.82) is 0 Å². The number of carbonyl (C=O) groups excluding carboxylic acids is 3. The molecule has 0 aromatic heterocycles. The van der Waals surface area contributed by atoms with E-state index in [1.807, 2.05) is 121 Å². The maximum absolute atomic E-state index is 14.0. The van der Waals surface area contributed by atoms with Gasteiger partial charge in [0.15, 0.2) is 24.8 Å². The normalized spacial score (nSPS) is 24.8. The highest BCUT2D eigenvalue weighted by molar-refractivity contribution is 5.76. The van der Waals surface area contributed by atoms with Gasteiger partial charge >= 0.3 is 17.9 Å². The molecular formula is C55H62O15. The average molecular weight is 963 g/mol. The van der Waals surface area contributed by atoms with Crippen LogP contribution in [0.4, 0.5) is 0 Å². The summed E-state index contributed by atoms with van der Waals surface area (Å²) in [5.41, 5.74) is 3.92. The maximum Gasteiger partial charge on any atom is 0.339 e. The summed E-state index contributed by atoms with van der Waals surface area (Å²) in [5, 5.41) is 0. The highest BCUT2D eigenvalue weighted by atomic mass is 16.8. The molecule has 7 rings (SSSR count). The van der Waals surface area contributed by atoms with E-state index in [9.17, 15) is 14.4 Å². The Bertz CT molecular complexity index is 2310. The average Bonchev–Trinajstić information content (AvgIpc) is 3.38. The smallest absolute Gasteiger partial charge is 0.339 e. The summed E-state index contributed by atoms with van der Waals surface area (Å²) < 4.78 is 77.6. The quantitative estimate of drug-likeness (QED) is 0.0438. The van der Waals surface area contributed by atoms with E-state index in [4.69, 9.17) is 56.8 Å². The number of rotatable bonds is 24. The third-order valence-electron chi connectivity index (χ3n) is 11.6. The van der Waals surface area contributed by atoms with Gasteiger partial charge in [0.1, 0.15) is 49.3 Å². The number of esters is 3. The zero-order valence-corrected chi connectivity index (χ0v) is 39.9. The van der Waals surface area contributed by atoms with Crippen LogP contribution >= 0.6 is 0 Å². The molecule has 15 heteroatoms. The number of hydrogen-bond donors (Lipinski definition) is 0. The van der Waals surface area contributed by atoms with Crippen LogP contribution in [0.5, 0.6) is 0 Å². The molecule has 5 aromatic carbocycles. The SMILES string of the molecule is CCOC(=O)[C@H](O[C@H]1[C@H](O[C@H]2[C@H](OCc3ccccc3)[C@@H](OCc3ccccc3)[C@@H](OC)O[C@@H]2COCc2ccccc2)O[C@H](COC(C)=O)[C@H](OCc2ccccc2)[C@@H]1OC(C)=O)c1ccccc1. The summed E-state index contributed by atoms with van der Waals surface area (Å²) >= 11 is 0. The molecule has 0 bridgehead atoms. The Morgan fingerprint density at radius 2 is 0.971 bits per heavy atom. The van der Waals surface area contributed by atoms with Gasteiger partial charge in [0, 0.05) is 21.0 Å². The van der Waals surface area contributed by atoms with E-state index < -0.39 is 85.4 Å². The Hall–Kier alpha value is -5.85. The van der Waals surface area contributed by atoms with Gasteiger partial charge in [-0.3, -0.25) is 9.59 Å². The molecule has 0 saturated carbocycles. The Morgan fingerprint density at radius 1 is 0.500 bits per heavy atom. The molecule has 5 aromatic rings.